The smallest absolute Gasteiger partial charge is 0.338 e. The van der Waals surface area contributed by atoms with E-state index >= 15 is 0 Å². The number of carbonyl (C=O) groups excluding carboxylic acids is 4. The Morgan fingerprint density at radius 1 is 0.738 bits per heavy atom. The van der Waals surface area contributed by atoms with Crippen molar-refractivity contribution in [2.75, 3.05) is 20.8 Å². The molecular formula is C35H30O7. The highest BCUT2D eigenvalue weighted by Gasteiger charge is 2.47. The maximum absolute atomic E-state index is 13.3. The molecule has 3 aromatic carbocycles. The normalized spacial score (nSPS) is 10.7. The van der Waals surface area contributed by atoms with Gasteiger partial charge in [-0.15, -0.1) is 0 Å². The Hall–Kier alpha value is -5.40. The van der Waals surface area contributed by atoms with Gasteiger partial charge in [-0.05, 0) is 42.8 Å². The number of ketones is 1. The largest absolute Gasteiger partial charge is 0.468 e. The van der Waals surface area contributed by atoms with Crippen LogP contribution in [-0.4, -0.2) is 44.5 Å². The third-order valence-electron chi connectivity index (χ3n) is 6.18. The zero-order valence-corrected chi connectivity index (χ0v) is 23.6. The molecule has 0 aliphatic carbocycles. The number of carbonyl (C=O) groups is 4. The lowest BCUT2D eigenvalue weighted by Crippen LogP contribution is -2.40. The van der Waals surface area contributed by atoms with Crippen molar-refractivity contribution < 1.29 is 33.4 Å². The number of hydrogen-bond donors (Lipinski definition) is 0. The summed E-state index contributed by atoms with van der Waals surface area (Å²) in [5.74, 6) is 8.99. The average molecular weight is 563 g/mol. The van der Waals surface area contributed by atoms with Gasteiger partial charge in [0.05, 0.1) is 32.0 Å². The van der Waals surface area contributed by atoms with E-state index in [0.29, 0.717) is 16.7 Å². The number of rotatable bonds is 9. The summed E-state index contributed by atoms with van der Waals surface area (Å²) < 4.78 is 14.9. The van der Waals surface area contributed by atoms with Crippen LogP contribution in [0, 0.1) is 29.1 Å². The van der Waals surface area contributed by atoms with Crippen molar-refractivity contribution >= 4 is 29.8 Å². The fourth-order valence-corrected chi connectivity index (χ4v) is 3.94. The topological polar surface area (TPSA) is 96.0 Å². The maximum atomic E-state index is 13.3. The molecule has 0 fully saturated rings. The van der Waals surface area contributed by atoms with E-state index < -0.39 is 23.3 Å². The Labute approximate surface area is 245 Å². The van der Waals surface area contributed by atoms with Gasteiger partial charge < -0.3 is 14.2 Å². The van der Waals surface area contributed by atoms with Crippen LogP contribution in [0.2, 0.25) is 0 Å². The molecule has 0 aromatic heterocycles. The van der Waals surface area contributed by atoms with Crippen molar-refractivity contribution in [3.05, 3.63) is 113 Å². The van der Waals surface area contributed by atoms with Gasteiger partial charge in [0.1, 0.15) is 0 Å². The summed E-state index contributed by atoms with van der Waals surface area (Å²) in [7, 11) is 2.32. The van der Waals surface area contributed by atoms with Crippen molar-refractivity contribution in [1.82, 2.24) is 0 Å². The van der Waals surface area contributed by atoms with Crippen molar-refractivity contribution in [1.29, 1.82) is 0 Å². The molecule has 0 unspecified atom stereocenters. The van der Waals surface area contributed by atoms with Crippen molar-refractivity contribution in [3.8, 4) is 23.7 Å². The third kappa shape index (κ3) is 8.06. The maximum Gasteiger partial charge on any atom is 0.338 e. The molecule has 212 valence electrons. The molecule has 3 rings (SSSR count). The molecule has 42 heavy (non-hydrogen) atoms. The zero-order valence-electron chi connectivity index (χ0n) is 23.6. The molecule has 0 bridgehead atoms. The van der Waals surface area contributed by atoms with E-state index in [1.807, 2.05) is 30.3 Å². The number of esters is 3. The summed E-state index contributed by atoms with van der Waals surface area (Å²) in [5, 5.41) is 0. The molecule has 0 heterocycles. The highest BCUT2D eigenvalue weighted by Crippen LogP contribution is 2.30. The van der Waals surface area contributed by atoms with Crippen LogP contribution >= 0.6 is 0 Å². The number of ether oxygens (including phenoxy) is 3. The van der Waals surface area contributed by atoms with Gasteiger partial charge in [-0.1, -0.05) is 84.3 Å². The number of benzene rings is 3. The lowest BCUT2D eigenvalue weighted by Gasteiger charge is -2.24. The van der Waals surface area contributed by atoms with Gasteiger partial charge in [0, 0.05) is 24.0 Å². The first kappa shape index (κ1) is 31.1. The second-order valence-corrected chi connectivity index (χ2v) is 8.98. The summed E-state index contributed by atoms with van der Waals surface area (Å²) >= 11 is 0. The Morgan fingerprint density at radius 3 is 1.88 bits per heavy atom. The minimum Gasteiger partial charge on any atom is -0.468 e. The highest BCUT2D eigenvalue weighted by atomic mass is 16.5. The van der Waals surface area contributed by atoms with Gasteiger partial charge >= 0.3 is 17.9 Å². The molecule has 0 amide bonds. The van der Waals surface area contributed by atoms with Crippen LogP contribution in [0.15, 0.2) is 90.5 Å². The van der Waals surface area contributed by atoms with E-state index in [0.717, 1.165) is 19.8 Å². The van der Waals surface area contributed by atoms with Crippen LogP contribution in [-0.2, 0) is 23.8 Å². The monoisotopic (exact) mass is 562 g/mol. The van der Waals surface area contributed by atoms with E-state index in [4.69, 9.17) is 14.2 Å². The predicted molar refractivity (Wildman–Crippen MR) is 158 cm³/mol. The first-order valence-electron chi connectivity index (χ1n) is 13.1. The van der Waals surface area contributed by atoms with E-state index in [9.17, 15) is 19.2 Å². The minimum absolute atomic E-state index is 0.184. The summed E-state index contributed by atoms with van der Waals surface area (Å²) in [4.78, 5) is 51.2. The second-order valence-electron chi connectivity index (χ2n) is 8.98. The van der Waals surface area contributed by atoms with Crippen molar-refractivity contribution in [3.63, 3.8) is 0 Å². The third-order valence-corrected chi connectivity index (χ3v) is 6.18. The van der Waals surface area contributed by atoms with E-state index in [2.05, 4.69) is 23.7 Å². The van der Waals surface area contributed by atoms with Crippen LogP contribution in [0.5, 0.6) is 0 Å². The predicted octanol–water partition coefficient (Wildman–Crippen LogP) is 5.30. The lowest BCUT2D eigenvalue weighted by atomic mass is 9.81. The van der Waals surface area contributed by atoms with Gasteiger partial charge in [0.2, 0.25) is 5.78 Å². The first-order valence-corrected chi connectivity index (χ1v) is 13.1. The van der Waals surface area contributed by atoms with Crippen molar-refractivity contribution in [2.45, 2.75) is 19.8 Å². The Kier molecular flexibility index (Phi) is 11.4. The number of Topliss-reactive ketones (excluding diaryl/α,β-unsaturated/α-hetero) is 1. The highest BCUT2D eigenvalue weighted by molar-refractivity contribution is 6.14. The Morgan fingerprint density at radius 2 is 1.31 bits per heavy atom. The molecule has 0 spiro atoms. The molecule has 0 N–H and O–H groups in total. The number of allylic oxidation sites excluding steroid dienone is 1. The standard InChI is InChI=1S/C35H30O7/c1-4-42-32(37)29-21-19-26(20-22-29)15-11-23-35(33(38)40-2,34(39)41-3)24-12-18-30(25-27-13-7-5-8-14-27)31(36)28-16-9-6-10-17-28/h5-10,13-14,16-17,19-22,25H,4,23-24H2,1-3H3/b30-25+. The fourth-order valence-electron chi connectivity index (χ4n) is 3.94. The van der Waals surface area contributed by atoms with Crippen LogP contribution < -0.4 is 0 Å². The molecule has 0 atom stereocenters. The molecule has 7 nitrogen and oxygen atoms in total. The zero-order chi connectivity index (χ0) is 30.4. The van der Waals surface area contributed by atoms with Crippen LogP contribution in [0.3, 0.4) is 0 Å². The summed E-state index contributed by atoms with van der Waals surface area (Å²) in [5.41, 5.74) is 0.463. The minimum atomic E-state index is -1.86. The SMILES string of the molecule is CCOC(=O)c1ccc(C#CCC(CC#C/C(=C\c2ccccc2)C(=O)c2ccccc2)(C(=O)OC)C(=O)OC)cc1. The molecule has 0 saturated heterocycles. The number of methoxy groups -OCH3 is 2. The molecule has 0 aliphatic rings. The molecule has 7 heteroatoms. The van der Waals surface area contributed by atoms with Gasteiger partial charge in [0.25, 0.3) is 0 Å². The summed E-state index contributed by atoms with van der Waals surface area (Å²) in [6.07, 6.45) is 1.09. The van der Waals surface area contributed by atoms with E-state index in [1.54, 1.807) is 67.6 Å². The van der Waals surface area contributed by atoms with E-state index in [-0.39, 0.29) is 30.8 Å². The van der Waals surface area contributed by atoms with Gasteiger partial charge in [-0.25, -0.2) is 4.79 Å². The van der Waals surface area contributed by atoms with Gasteiger partial charge in [-0.2, -0.15) is 0 Å². The average Bonchev–Trinajstić information content (AvgIpc) is 3.03. The molecule has 3 aromatic rings. The van der Waals surface area contributed by atoms with Gasteiger partial charge in [-0.3, -0.25) is 14.4 Å². The Balaban J connectivity index is 1.95. The fraction of sp³-hybridized carbons (Fsp3) is 0.200. The van der Waals surface area contributed by atoms with Crippen LogP contribution in [0.1, 0.15) is 51.6 Å². The summed E-state index contributed by atoms with van der Waals surface area (Å²) in [6, 6.07) is 24.3. The Bertz CT molecular complexity index is 1550. The van der Waals surface area contributed by atoms with Gasteiger partial charge in [0.15, 0.2) is 5.41 Å². The number of hydrogen-bond acceptors (Lipinski definition) is 7. The molecular weight excluding hydrogens is 532 g/mol. The van der Waals surface area contributed by atoms with Crippen molar-refractivity contribution in [2.24, 2.45) is 5.41 Å². The molecule has 0 radical (unpaired) electrons. The molecule has 0 saturated carbocycles. The quantitative estimate of drug-likeness (QED) is 0.0873. The molecule has 0 aliphatic heterocycles. The second kappa shape index (κ2) is 15.4. The van der Waals surface area contributed by atoms with E-state index in [1.165, 1.54) is 0 Å². The van der Waals surface area contributed by atoms with Crippen LogP contribution in [0.4, 0.5) is 0 Å². The van der Waals surface area contributed by atoms with Crippen LogP contribution in [0.25, 0.3) is 6.08 Å². The summed E-state index contributed by atoms with van der Waals surface area (Å²) in [6.45, 7) is 1.98. The lowest BCUT2D eigenvalue weighted by molar-refractivity contribution is -0.168. The first-order chi connectivity index (χ1) is 20.3.